The van der Waals surface area contributed by atoms with E-state index in [1.165, 1.54) is 27.5 Å². The summed E-state index contributed by atoms with van der Waals surface area (Å²) >= 11 is 1.70. The van der Waals surface area contributed by atoms with Crippen LogP contribution < -0.4 is 4.74 Å². The van der Waals surface area contributed by atoms with Crippen molar-refractivity contribution in [2.75, 3.05) is 0 Å². The lowest BCUT2D eigenvalue weighted by atomic mass is 10.1. The molecular weight excluding hydrogens is 378 g/mol. The molecule has 0 aliphatic heterocycles. The number of aryl methyl sites for hydroxylation is 2. The molecule has 1 unspecified atom stereocenters. The first-order chi connectivity index (χ1) is 14.0. The minimum Gasteiger partial charge on any atom is -0.483 e. The third kappa shape index (κ3) is 4.15. The van der Waals surface area contributed by atoms with Gasteiger partial charge < -0.3 is 9.30 Å². The highest BCUT2D eigenvalue weighted by atomic mass is 32.2. The van der Waals surface area contributed by atoms with Gasteiger partial charge in [-0.3, -0.25) is 0 Å². The summed E-state index contributed by atoms with van der Waals surface area (Å²) < 4.78 is 8.15. The molecule has 148 valence electrons. The van der Waals surface area contributed by atoms with Gasteiger partial charge in [0, 0.05) is 12.8 Å². The minimum atomic E-state index is -0.179. The zero-order chi connectivity index (χ0) is 20.4. The summed E-state index contributed by atoms with van der Waals surface area (Å²) in [5.74, 6) is 2.52. The molecule has 0 aliphatic carbocycles. The Balaban J connectivity index is 1.48. The second kappa shape index (κ2) is 8.29. The molecular formula is C24H25N3OS. The van der Waals surface area contributed by atoms with Gasteiger partial charge in [0.15, 0.2) is 17.1 Å². The van der Waals surface area contributed by atoms with Crippen LogP contribution >= 0.6 is 11.8 Å². The Morgan fingerprint density at radius 3 is 2.59 bits per heavy atom. The lowest BCUT2D eigenvalue weighted by Gasteiger charge is -2.15. The standard InChI is InChI=1S/C24H25N3OS/c1-16-12-13-21(14-17(16)2)28-18(3)23-25-26-24(27(23)4)29-15-20-10-7-9-19-8-5-6-11-22(19)20/h5-14,18H,15H2,1-4H3. The first-order valence-corrected chi connectivity index (χ1v) is 10.7. The summed E-state index contributed by atoms with van der Waals surface area (Å²) in [4.78, 5) is 0. The van der Waals surface area contributed by atoms with Crippen molar-refractivity contribution in [3.8, 4) is 5.75 Å². The van der Waals surface area contributed by atoms with E-state index in [2.05, 4.69) is 78.6 Å². The van der Waals surface area contributed by atoms with Crippen LogP contribution in [0.15, 0.2) is 65.8 Å². The highest BCUT2D eigenvalue weighted by molar-refractivity contribution is 7.98. The highest BCUT2D eigenvalue weighted by Crippen LogP contribution is 2.28. The van der Waals surface area contributed by atoms with Crippen LogP contribution in [0.2, 0.25) is 0 Å². The van der Waals surface area contributed by atoms with Gasteiger partial charge in [-0.2, -0.15) is 0 Å². The number of benzene rings is 3. The number of hydrogen-bond acceptors (Lipinski definition) is 4. The van der Waals surface area contributed by atoms with Crippen molar-refractivity contribution in [3.63, 3.8) is 0 Å². The molecule has 0 bridgehead atoms. The fraction of sp³-hybridized carbons (Fsp3) is 0.250. The normalized spacial score (nSPS) is 12.3. The van der Waals surface area contributed by atoms with E-state index in [1.807, 2.05) is 24.6 Å². The lowest BCUT2D eigenvalue weighted by Crippen LogP contribution is -2.10. The van der Waals surface area contributed by atoms with E-state index in [0.29, 0.717) is 0 Å². The zero-order valence-electron chi connectivity index (χ0n) is 17.2. The van der Waals surface area contributed by atoms with Crippen LogP contribution in [0.3, 0.4) is 0 Å². The number of fused-ring (bicyclic) bond motifs is 1. The van der Waals surface area contributed by atoms with Gasteiger partial charge in [0.25, 0.3) is 0 Å². The van der Waals surface area contributed by atoms with Crippen molar-refractivity contribution >= 4 is 22.5 Å². The van der Waals surface area contributed by atoms with Gasteiger partial charge in [-0.1, -0.05) is 60.3 Å². The van der Waals surface area contributed by atoms with Crippen LogP contribution in [-0.2, 0) is 12.8 Å². The molecule has 0 spiro atoms. The Kier molecular flexibility index (Phi) is 5.58. The summed E-state index contributed by atoms with van der Waals surface area (Å²) in [6.07, 6.45) is -0.179. The van der Waals surface area contributed by atoms with Crippen LogP contribution in [0.1, 0.15) is 35.5 Å². The van der Waals surface area contributed by atoms with E-state index in [9.17, 15) is 0 Å². The van der Waals surface area contributed by atoms with Gasteiger partial charge in [-0.15, -0.1) is 10.2 Å². The van der Waals surface area contributed by atoms with Crippen LogP contribution in [0.5, 0.6) is 5.75 Å². The zero-order valence-corrected chi connectivity index (χ0v) is 18.0. The van der Waals surface area contributed by atoms with Crippen molar-refractivity contribution in [2.24, 2.45) is 7.05 Å². The molecule has 4 rings (SSSR count). The molecule has 1 atom stereocenters. The average Bonchev–Trinajstić information content (AvgIpc) is 3.09. The Bertz CT molecular complexity index is 1150. The first-order valence-electron chi connectivity index (χ1n) is 9.75. The van der Waals surface area contributed by atoms with E-state index in [0.717, 1.165) is 22.5 Å². The number of aromatic nitrogens is 3. The fourth-order valence-electron chi connectivity index (χ4n) is 3.41. The van der Waals surface area contributed by atoms with Crippen LogP contribution in [0, 0.1) is 13.8 Å². The molecule has 0 radical (unpaired) electrons. The van der Waals surface area contributed by atoms with E-state index in [1.54, 1.807) is 11.8 Å². The summed E-state index contributed by atoms with van der Waals surface area (Å²) in [6.45, 7) is 6.21. The number of hydrogen-bond donors (Lipinski definition) is 0. The molecule has 4 nitrogen and oxygen atoms in total. The van der Waals surface area contributed by atoms with Crippen LogP contribution in [0.25, 0.3) is 10.8 Å². The maximum absolute atomic E-state index is 6.12. The average molecular weight is 404 g/mol. The summed E-state index contributed by atoms with van der Waals surface area (Å²) in [6, 6.07) is 21.1. The third-order valence-electron chi connectivity index (χ3n) is 5.26. The molecule has 0 aliphatic rings. The molecule has 0 saturated carbocycles. The summed E-state index contributed by atoms with van der Waals surface area (Å²) in [5, 5.41) is 12.2. The molecule has 0 amide bonds. The maximum Gasteiger partial charge on any atom is 0.191 e. The predicted molar refractivity (Wildman–Crippen MR) is 119 cm³/mol. The van der Waals surface area contributed by atoms with Gasteiger partial charge in [0.05, 0.1) is 0 Å². The molecule has 0 N–H and O–H groups in total. The smallest absolute Gasteiger partial charge is 0.191 e. The Morgan fingerprint density at radius 1 is 0.966 bits per heavy atom. The molecule has 5 heteroatoms. The molecule has 1 heterocycles. The molecule has 0 fully saturated rings. The van der Waals surface area contributed by atoms with Crippen molar-refractivity contribution in [1.82, 2.24) is 14.8 Å². The largest absolute Gasteiger partial charge is 0.483 e. The van der Waals surface area contributed by atoms with E-state index < -0.39 is 0 Å². The molecule has 29 heavy (non-hydrogen) atoms. The third-order valence-corrected chi connectivity index (χ3v) is 6.33. The van der Waals surface area contributed by atoms with Crippen molar-refractivity contribution in [1.29, 1.82) is 0 Å². The SMILES string of the molecule is Cc1ccc(OC(C)c2nnc(SCc3cccc4ccccc34)n2C)cc1C. The second-order valence-electron chi connectivity index (χ2n) is 7.33. The van der Waals surface area contributed by atoms with Crippen molar-refractivity contribution < 1.29 is 4.74 Å². The van der Waals surface area contributed by atoms with Crippen molar-refractivity contribution in [2.45, 2.75) is 37.8 Å². The highest BCUT2D eigenvalue weighted by Gasteiger charge is 2.18. The fourth-order valence-corrected chi connectivity index (χ4v) is 4.33. The van der Waals surface area contributed by atoms with Gasteiger partial charge in [-0.25, -0.2) is 0 Å². The summed E-state index contributed by atoms with van der Waals surface area (Å²) in [5.41, 5.74) is 3.78. The molecule has 0 saturated heterocycles. The topological polar surface area (TPSA) is 39.9 Å². The predicted octanol–water partition coefficient (Wildman–Crippen LogP) is 6.02. The van der Waals surface area contributed by atoms with E-state index in [-0.39, 0.29) is 6.10 Å². The Morgan fingerprint density at radius 2 is 1.76 bits per heavy atom. The number of thioether (sulfide) groups is 1. The first kappa shape index (κ1) is 19.5. The van der Waals surface area contributed by atoms with E-state index in [4.69, 9.17) is 4.74 Å². The van der Waals surface area contributed by atoms with Gasteiger partial charge in [0.1, 0.15) is 5.75 Å². The molecule has 4 aromatic rings. The van der Waals surface area contributed by atoms with Crippen molar-refractivity contribution in [3.05, 3.63) is 83.2 Å². The lowest BCUT2D eigenvalue weighted by molar-refractivity contribution is 0.211. The number of rotatable bonds is 6. The van der Waals surface area contributed by atoms with Gasteiger partial charge in [-0.05, 0) is 60.4 Å². The number of ether oxygens (including phenoxy) is 1. The van der Waals surface area contributed by atoms with Gasteiger partial charge >= 0.3 is 0 Å². The molecule has 1 aromatic heterocycles. The van der Waals surface area contributed by atoms with Gasteiger partial charge in [0.2, 0.25) is 0 Å². The quantitative estimate of drug-likeness (QED) is 0.369. The number of nitrogens with zero attached hydrogens (tertiary/aromatic N) is 3. The summed E-state index contributed by atoms with van der Waals surface area (Å²) in [7, 11) is 2.00. The maximum atomic E-state index is 6.12. The Labute approximate surface area is 175 Å². The van der Waals surface area contributed by atoms with Crippen LogP contribution in [-0.4, -0.2) is 14.8 Å². The molecule has 3 aromatic carbocycles. The Hall–Kier alpha value is -2.79. The minimum absolute atomic E-state index is 0.179. The van der Waals surface area contributed by atoms with Crippen LogP contribution in [0.4, 0.5) is 0 Å². The van der Waals surface area contributed by atoms with E-state index >= 15 is 0 Å². The second-order valence-corrected chi connectivity index (χ2v) is 8.28. The monoisotopic (exact) mass is 403 g/mol.